The van der Waals surface area contributed by atoms with Crippen LogP contribution in [0.4, 0.5) is 0 Å². The van der Waals surface area contributed by atoms with E-state index in [1.165, 1.54) is 6.21 Å². The highest BCUT2D eigenvalue weighted by atomic mass is 35.5. The van der Waals surface area contributed by atoms with Gasteiger partial charge in [-0.05, 0) is 55.5 Å². The maximum atomic E-state index is 12.3. The lowest BCUT2D eigenvalue weighted by molar-refractivity contribution is 0.0734. The summed E-state index contributed by atoms with van der Waals surface area (Å²) >= 11 is 5.83. The minimum atomic E-state index is -0.513. The van der Waals surface area contributed by atoms with Gasteiger partial charge >= 0.3 is 5.97 Å². The van der Waals surface area contributed by atoms with Crippen molar-refractivity contribution in [2.45, 2.75) is 6.92 Å². The number of hydrogen-bond acceptors (Lipinski definition) is 4. The van der Waals surface area contributed by atoms with Crippen LogP contribution < -0.4 is 10.2 Å². The molecule has 3 rings (SSSR count). The zero-order valence-electron chi connectivity index (χ0n) is 15.1. The molecule has 6 heteroatoms. The number of para-hydroxylation sites is 1. The van der Waals surface area contributed by atoms with Gasteiger partial charge in [-0.3, -0.25) is 4.79 Å². The minimum absolute atomic E-state index is 0.327. The molecule has 0 aliphatic carbocycles. The normalized spacial score (nSPS) is 10.6. The standard InChI is InChI=1S/C22H17ClN2O3/c1-15-6-8-16(9-7-15)21(26)25-24-14-18-4-2-3-5-20(18)28-22(27)17-10-12-19(23)13-11-17/h2-14H,1H3,(H,25,26). The lowest BCUT2D eigenvalue weighted by atomic mass is 10.1. The van der Waals surface area contributed by atoms with Crippen molar-refractivity contribution < 1.29 is 14.3 Å². The summed E-state index contributed by atoms with van der Waals surface area (Å²) in [7, 11) is 0. The smallest absolute Gasteiger partial charge is 0.343 e. The third-order valence-electron chi connectivity index (χ3n) is 3.89. The Morgan fingerprint density at radius 3 is 2.29 bits per heavy atom. The minimum Gasteiger partial charge on any atom is -0.422 e. The van der Waals surface area contributed by atoms with Crippen molar-refractivity contribution in [2.75, 3.05) is 0 Å². The number of aryl methyl sites for hydroxylation is 1. The van der Waals surface area contributed by atoms with Crippen LogP contribution in [0.15, 0.2) is 77.9 Å². The molecule has 28 heavy (non-hydrogen) atoms. The van der Waals surface area contributed by atoms with E-state index in [-0.39, 0.29) is 5.91 Å². The van der Waals surface area contributed by atoms with Crippen LogP contribution in [0.5, 0.6) is 5.75 Å². The molecule has 1 N–H and O–H groups in total. The number of ether oxygens (including phenoxy) is 1. The van der Waals surface area contributed by atoms with Gasteiger partial charge in [0.2, 0.25) is 0 Å². The number of carbonyl (C=O) groups is 2. The summed E-state index contributed by atoms with van der Waals surface area (Å²) in [6.07, 6.45) is 1.43. The Bertz CT molecular complexity index is 1010. The molecular weight excluding hydrogens is 376 g/mol. The molecule has 3 aromatic carbocycles. The first-order valence-electron chi connectivity index (χ1n) is 8.50. The number of halogens is 1. The predicted octanol–water partition coefficient (Wildman–Crippen LogP) is 4.63. The Morgan fingerprint density at radius 2 is 1.57 bits per heavy atom. The van der Waals surface area contributed by atoms with Gasteiger partial charge in [-0.1, -0.05) is 41.4 Å². The Labute approximate surface area is 167 Å². The number of nitrogens with zero attached hydrogens (tertiary/aromatic N) is 1. The largest absolute Gasteiger partial charge is 0.422 e. The monoisotopic (exact) mass is 392 g/mol. The zero-order valence-corrected chi connectivity index (χ0v) is 15.8. The molecule has 0 atom stereocenters. The van der Waals surface area contributed by atoms with Crippen LogP contribution in [0, 0.1) is 6.92 Å². The highest BCUT2D eigenvalue weighted by Crippen LogP contribution is 2.18. The van der Waals surface area contributed by atoms with Gasteiger partial charge in [0, 0.05) is 16.1 Å². The van der Waals surface area contributed by atoms with Crippen molar-refractivity contribution >= 4 is 29.7 Å². The summed E-state index contributed by atoms with van der Waals surface area (Å²) in [6, 6.07) is 20.5. The first-order chi connectivity index (χ1) is 13.5. The van der Waals surface area contributed by atoms with Crippen molar-refractivity contribution in [1.82, 2.24) is 5.43 Å². The van der Waals surface area contributed by atoms with Crippen LogP contribution in [-0.2, 0) is 0 Å². The second-order valence-corrected chi connectivity index (χ2v) is 6.44. The molecule has 1 amide bonds. The number of hydrogen-bond donors (Lipinski definition) is 1. The number of nitrogens with one attached hydrogen (secondary N) is 1. The zero-order chi connectivity index (χ0) is 19.9. The van der Waals surface area contributed by atoms with E-state index in [4.69, 9.17) is 16.3 Å². The number of amides is 1. The third-order valence-corrected chi connectivity index (χ3v) is 4.14. The number of esters is 1. The Hall–Kier alpha value is -3.44. The SMILES string of the molecule is Cc1ccc(C(=O)NN=Cc2ccccc2OC(=O)c2ccc(Cl)cc2)cc1. The van der Waals surface area contributed by atoms with Gasteiger partial charge < -0.3 is 4.74 Å². The fourth-order valence-corrected chi connectivity index (χ4v) is 2.48. The lowest BCUT2D eigenvalue weighted by Crippen LogP contribution is -2.17. The van der Waals surface area contributed by atoms with Crippen LogP contribution in [0.25, 0.3) is 0 Å². The van der Waals surface area contributed by atoms with Crippen LogP contribution in [0.3, 0.4) is 0 Å². The molecule has 0 saturated carbocycles. The van der Waals surface area contributed by atoms with Crippen LogP contribution in [-0.4, -0.2) is 18.1 Å². The van der Waals surface area contributed by atoms with E-state index in [0.717, 1.165) is 5.56 Å². The molecule has 5 nitrogen and oxygen atoms in total. The quantitative estimate of drug-likeness (QED) is 0.298. The molecule has 0 unspecified atom stereocenters. The molecular formula is C22H17ClN2O3. The maximum Gasteiger partial charge on any atom is 0.343 e. The average Bonchev–Trinajstić information content (AvgIpc) is 2.70. The summed E-state index contributed by atoms with van der Waals surface area (Å²) in [4.78, 5) is 24.4. The molecule has 0 aliphatic heterocycles. The Morgan fingerprint density at radius 1 is 0.929 bits per heavy atom. The first-order valence-corrected chi connectivity index (χ1v) is 8.87. The van der Waals surface area contributed by atoms with Crippen LogP contribution >= 0.6 is 11.6 Å². The highest BCUT2D eigenvalue weighted by Gasteiger charge is 2.11. The van der Waals surface area contributed by atoms with Crippen molar-refractivity contribution in [3.63, 3.8) is 0 Å². The molecule has 0 radical (unpaired) electrons. The summed E-state index contributed by atoms with van der Waals surface area (Å²) in [5.41, 5.74) is 4.96. The summed E-state index contributed by atoms with van der Waals surface area (Å²) in [5, 5.41) is 4.49. The molecule has 3 aromatic rings. The van der Waals surface area contributed by atoms with Gasteiger partial charge in [0.1, 0.15) is 5.75 Å². The molecule has 0 aromatic heterocycles. The van der Waals surface area contributed by atoms with Crippen molar-refractivity contribution in [1.29, 1.82) is 0 Å². The molecule has 0 saturated heterocycles. The molecule has 140 valence electrons. The van der Waals surface area contributed by atoms with Gasteiger partial charge in [-0.2, -0.15) is 5.10 Å². The number of carbonyl (C=O) groups excluding carboxylic acids is 2. The second-order valence-electron chi connectivity index (χ2n) is 6.00. The number of rotatable bonds is 5. The third kappa shape index (κ3) is 5.05. The maximum absolute atomic E-state index is 12.3. The van der Waals surface area contributed by atoms with Crippen molar-refractivity contribution in [3.8, 4) is 5.75 Å². The summed E-state index contributed by atoms with van der Waals surface area (Å²) in [5.74, 6) is -0.510. The van der Waals surface area contributed by atoms with Crippen molar-refractivity contribution in [2.24, 2.45) is 5.10 Å². The number of benzene rings is 3. The topological polar surface area (TPSA) is 67.8 Å². The van der Waals surface area contributed by atoms with E-state index in [1.807, 2.05) is 19.1 Å². The van der Waals surface area contributed by atoms with Gasteiger partial charge in [-0.15, -0.1) is 0 Å². The van der Waals surface area contributed by atoms with E-state index in [1.54, 1.807) is 60.7 Å². The summed E-state index contributed by atoms with van der Waals surface area (Å²) in [6.45, 7) is 1.95. The average molecular weight is 393 g/mol. The van der Waals surface area contributed by atoms with Crippen LogP contribution in [0.1, 0.15) is 31.8 Å². The van der Waals surface area contributed by atoms with Gasteiger partial charge in [0.15, 0.2) is 0 Å². The fraction of sp³-hybridized carbons (Fsp3) is 0.0455. The predicted molar refractivity (Wildman–Crippen MR) is 109 cm³/mol. The van der Waals surface area contributed by atoms with E-state index in [9.17, 15) is 9.59 Å². The molecule has 0 heterocycles. The van der Waals surface area contributed by atoms with E-state index in [0.29, 0.717) is 27.5 Å². The highest BCUT2D eigenvalue weighted by molar-refractivity contribution is 6.30. The fourth-order valence-electron chi connectivity index (χ4n) is 2.35. The number of hydrazone groups is 1. The van der Waals surface area contributed by atoms with Gasteiger partial charge in [-0.25, -0.2) is 10.2 Å². The first kappa shape index (κ1) is 19.3. The van der Waals surface area contributed by atoms with Crippen LogP contribution in [0.2, 0.25) is 5.02 Å². The van der Waals surface area contributed by atoms with E-state index >= 15 is 0 Å². The van der Waals surface area contributed by atoms with E-state index in [2.05, 4.69) is 10.5 Å². The Kier molecular flexibility index (Phi) is 6.19. The lowest BCUT2D eigenvalue weighted by Gasteiger charge is -2.07. The molecule has 0 spiro atoms. The second kappa shape index (κ2) is 8.97. The summed E-state index contributed by atoms with van der Waals surface area (Å²) < 4.78 is 5.44. The van der Waals surface area contributed by atoms with Crippen molar-refractivity contribution in [3.05, 3.63) is 100 Å². The molecule has 0 bridgehead atoms. The molecule has 0 fully saturated rings. The van der Waals surface area contributed by atoms with Gasteiger partial charge in [0.25, 0.3) is 5.91 Å². The Balaban J connectivity index is 1.68. The van der Waals surface area contributed by atoms with E-state index < -0.39 is 5.97 Å². The molecule has 0 aliphatic rings. The van der Waals surface area contributed by atoms with Gasteiger partial charge in [0.05, 0.1) is 11.8 Å².